The lowest BCUT2D eigenvalue weighted by molar-refractivity contribution is 0.408. The standard InChI is InChI=1S/C12H14IN3O/c1-9(10-2-4-11(13)5-3-10)14-7-6-12-15-8-17-16-12/h2-5,8-9,14H,6-7H2,1H3. The molecule has 4 nitrogen and oxygen atoms in total. The summed E-state index contributed by atoms with van der Waals surface area (Å²) in [5.41, 5.74) is 1.29. The summed E-state index contributed by atoms with van der Waals surface area (Å²) in [4.78, 5) is 3.98. The largest absolute Gasteiger partial charge is 0.343 e. The third-order valence-electron chi connectivity index (χ3n) is 2.58. The maximum absolute atomic E-state index is 4.68. The summed E-state index contributed by atoms with van der Waals surface area (Å²) in [6.45, 7) is 2.99. The van der Waals surface area contributed by atoms with Crippen LogP contribution in [0.25, 0.3) is 0 Å². The Hall–Kier alpha value is -0.950. The summed E-state index contributed by atoms with van der Waals surface area (Å²) in [5.74, 6) is 0.743. The van der Waals surface area contributed by atoms with Gasteiger partial charge in [0.1, 0.15) is 0 Å². The number of halogens is 1. The topological polar surface area (TPSA) is 51.0 Å². The zero-order chi connectivity index (χ0) is 12.1. The van der Waals surface area contributed by atoms with Gasteiger partial charge in [-0.2, -0.15) is 4.98 Å². The molecule has 0 amide bonds. The molecule has 1 atom stereocenters. The van der Waals surface area contributed by atoms with Gasteiger partial charge in [0.05, 0.1) is 0 Å². The van der Waals surface area contributed by atoms with Crippen molar-refractivity contribution in [2.24, 2.45) is 0 Å². The molecule has 0 spiro atoms. The Balaban J connectivity index is 1.81. The second kappa shape index (κ2) is 6.11. The Morgan fingerprint density at radius 3 is 2.76 bits per heavy atom. The molecule has 1 aromatic heterocycles. The van der Waals surface area contributed by atoms with Crippen LogP contribution in [0.4, 0.5) is 0 Å². The average Bonchev–Trinajstić information content (AvgIpc) is 2.83. The van der Waals surface area contributed by atoms with E-state index >= 15 is 0 Å². The van der Waals surface area contributed by atoms with Crippen LogP contribution in [0.5, 0.6) is 0 Å². The number of nitrogens with one attached hydrogen (secondary N) is 1. The van der Waals surface area contributed by atoms with Crippen molar-refractivity contribution in [2.75, 3.05) is 6.54 Å². The molecule has 2 rings (SSSR count). The predicted molar refractivity (Wildman–Crippen MR) is 73.6 cm³/mol. The molecule has 90 valence electrons. The van der Waals surface area contributed by atoms with Gasteiger partial charge in [-0.3, -0.25) is 0 Å². The van der Waals surface area contributed by atoms with Gasteiger partial charge in [-0.25, -0.2) is 0 Å². The smallest absolute Gasteiger partial charge is 0.213 e. The van der Waals surface area contributed by atoms with Gasteiger partial charge >= 0.3 is 0 Å². The molecule has 2 aromatic rings. The summed E-state index contributed by atoms with van der Waals surface area (Å²) < 4.78 is 5.94. The van der Waals surface area contributed by atoms with Crippen molar-refractivity contribution in [3.63, 3.8) is 0 Å². The van der Waals surface area contributed by atoms with Gasteiger partial charge in [-0.05, 0) is 47.2 Å². The molecule has 5 heteroatoms. The number of hydrogen-bond donors (Lipinski definition) is 1. The summed E-state index contributed by atoms with van der Waals surface area (Å²) in [7, 11) is 0. The van der Waals surface area contributed by atoms with Crippen LogP contribution in [0.3, 0.4) is 0 Å². The highest BCUT2D eigenvalue weighted by molar-refractivity contribution is 14.1. The lowest BCUT2D eigenvalue weighted by Crippen LogP contribution is -2.21. The van der Waals surface area contributed by atoms with Crippen molar-refractivity contribution in [1.82, 2.24) is 15.5 Å². The Morgan fingerprint density at radius 1 is 1.35 bits per heavy atom. The average molecular weight is 343 g/mol. The molecule has 0 saturated heterocycles. The molecule has 0 saturated carbocycles. The van der Waals surface area contributed by atoms with Crippen LogP contribution in [0.1, 0.15) is 24.4 Å². The lowest BCUT2D eigenvalue weighted by atomic mass is 10.1. The van der Waals surface area contributed by atoms with Crippen LogP contribution in [-0.4, -0.2) is 16.7 Å². The SMILES string of the molecule is CC(NCCc1ncon1)c1ccc(I)cc1. The van der Waals surface area contributed by atoms with E-state index in [4.69, 9.17) is 0 Å². The fourth-order valence-corrected chi connectivity index (χ4v) is 1.93. The molecule has 0 aliphatic carbocycles. The van der Waals surface area contributed by atoms with Crippen molar-refractivity contribution in [3.8, 4) is 0 Å². The first-order valence-electron chi connectivity index (χ1n) is 5.50. The van der Waals surface area contributed by atoms with Gasteiger partial charge in [0, 0.05) is 22.6 Å². The van der Waals surface area contributed by atoms with Crippen molar-refractivity contribution in [3.05, 3.63) is 45.6 Å². The van der Waals surface area contributed by atoms with Gasteiger partial charge in [0.2, 0.25) is 6.39 Å². The summed E-state index contributed by atoms with van der Waals surface area (Å²) in [5, 5.41) is 7.20. The van der Waals surface area contributed by atoms with Crippen LogP contribution in [0.15, 0.2) is 35.2 Å². The number of nitrogens with zero attached hydrogens (tertiary/aromatic N) is 2. The highest BCUT2D eigenvalue weighted by atomic mass is 127. The van der Waals surface area contributed by atoms with Gasteiger partial charge < -0.3 is 9.84 Å². The Kier molecular flexibility index (Phi) is 4.49. The number of aromatic nitrogens is 2. The van der Waals surface area contributed by atoms with Crippen molar-refractivity contribution >= 4 is 22.6 Å². The van der Waals surface area contributed by atoms with Gasteiger partial charge in [-0.15, -0.1) is 0 Å². The van der Waals surface area contributed by atoms with Crippen LogP contribution in [0.2, 0.25) is 0 Å². The number of hydrogen-bond acceptors (Lipinski definition) is 4. The normalized spacial score (nSPS) is 12.6. The van der Waals surface area contributed by atoms with E-state index in [1.165, 1.54) is 15.5 Å². The fourth-order valence-electron chi connectivity index (χ4n) is 1.57. The molecule has 1 unspecified atom stereocenters. The monoisotopic (exact) mass is 343 g/mol. The van der Waals surface area contributed by atoms with E-state index in [1.807, 2.05) is 0 Å². The molecule has 1 N–H and O–H groups in total. The van der Waals surface area contributed by atoms with E-state index in [9.17, 15) is 0 Å². The first kappa shape index (κ1) is 12.5. The third kappa shape index (κ3) is 3.78. The Labute approximate surface area is 114 Å². The highest BCUT2D eigenvalue weighted by Gasteiger charge is 2.05. The molecule has 1 aromatic carbocycles. The minimum atomic E-state index is 0.332. The van der Waals surface area contributed by atoms with Crippen molar-refractivity contribution in [2.45, 2.75) is 19.4 Å². The summed E-state index contributed by atoms with van der Waals surface area (Å²) in [6, 6.07) is 8.86. The van der Waals surface area contributed by atoms with Crippen LogP contribution < -0.4 is 5.32 Å². The van der Waals surface area contributed by atoms with E-state index < -0.39 is 0 Å². The quantitative estimate of drug-likeness (QED) is 0.848. The summed E-state index contributed by atoms with van der Waals surface area (Å²) in [6.07, 6.45) is 2.14. The molecule has 17 heavy (non-hydrogen) atoms. The lowest BCUT2D eigenvalue weighted by Gasteiger charge is -2.13. The predicted octanol–water partition coefficient (Wildman–Crippen LogP) is 2.57. The second-order valence-electron chi connectivity index (χ2n) is 3.82. The van der Waals surface area contributed by atoms with Gasteiger partial charge in [-0.1, -0.05) is 17.3 Å². The molecular formula is C12H14IN3O. The molecule has 0 aliphatic heterocycles. The van der Waals surface area contributed by atoms with Crippen molar-refractivity contribution in [1.29, 1.82) is 0 Å². The van der Waals surface area contributed by atoms with Crippen molar-refractivity contribution < 1.29 is 4.52 Å². The van der Waals surface area contributed by atoms with E-state index in [2.05, 4.69) is 73.8 Å². The molecule has 0 aliphatic rings. The summed E-state index contributed by atoms with van der Waals surface area (Å²) >= 11 is 2.31. The molecule has 0 fully saturated rings. The molecule has 1 heterocycles. The maximum atomic E-state index is 4.68. The Bertz CT molecular complexity index is 441. The maximum Gasteiger partial charge on any atom is 0.213 e. The Morgan fingerprint density at radius 2 is 2.12 bits per heavy atom. The molecular weight excluding hydrogens is 329 g/mol. The highest BCUT2D eigenvalue weighted by Crippen LogP contribution is 2.14. The molecule has 0 radical (unpaired) electrons. The minimum absolute atomic E-state index is 0.332. The van der Waals surface area contributed by atoms with Crippen LogP contribution in [0, 0.1) is 3.57 Å². The van der Waals surface area contributed by atoms with Gasteiger partial charge in [0.15, 0.2) is 5.82 Å². The van der Waals surface area contributed by atoms with Gasteiger partial charge in [0.25, 0.3) is 0 Å². The van der Waals surface area contributed by atoms with E-state index in [0.717, 1.165) is 18.8 Å². The first-order chi connectivity index (χ1) is 8.25. The van der Waals surface area contributed by atoms with E-state index in [1.54, 1.807) is 0 Å². The molecule has 0 bridgehead atoms. The van der Waals surface area contributed by atoms with E-state index in [-0.39, 0.29) is 0 Å². The van der Waals surface area contributed by atoms with Crippen LogP contribution in [-0.2, 0) is 6.42 Å². The fraction of sp³-hybridized carbons (Fsp3) is 0.333. The second-order valence-corrected chi connectivity index (χ2v) is 5.07. The van der Waals surface area contributed by atoms with Crippen LogP contribution >= 0.6 is 22.6 Å². The zero-order valence-corrected chi connectivity index (χ0v) is 11.7. The minimum Gasteiger partial charge on any atom is -0.343 e. The number of benzene rings is 1. The first-order valence-corrected chi connectivity index (χ1v) is 6.57. The third-order valence-corrected chi connectivity index (χ3v) is 3.30. The van der Waals surface area contributed by atoms with E-state index in [0.29, 0.717) is 6.04 Å². The number of rotatable bonds is 5. The zero-order valence-electron chi connectivity index (χ0n) is 9.56.